The second kappa shape index (κ2) is 3.70. The summed E-state index contributed by atoms with van der Waals surface area (Å²) < 4.78 is 38.8. The number of hydrogen-bond acceptors (Lipinski definition) is 4. The second-order valence-electron chi connectivity index (χ2n) is 2.44. The fourth-order valence-electron chi connectivity index (χ4n) is 0.831. The molecule has 1 rings (SSSR count). The quantitative estimate of drug-likeness (QED) is 0.759. The molecule has 4 nitrogen and oxygen atoms in total. The Morgan fingerprint density at radius 2 is 2.00 bits per heavy atom. The summed E-state index contributed by atoms with van der Waals surface area (Å²) in [5.41, 5.74) is 11.0. The molecule has 1 aromatic heterocycles. The highest BCUT2D eigenvalue weighted by Gasteiger charge is 2.31. The lowest BCUT2D eigenvalue weighted by atomic mass is 10.3. The van der Waals surface area contributed by atoms with E-state index in [2.05, 4.69) is 9.72 Å². The average molecular weight is 207 g/mol. The third-order valence-electron chi connectivity index (χ3n) is 1.40. The van der Waals surface area contributed by atoms with E-state index in [9.17, 15) is 13.2 Å². The van der Waals surface area contributed by atoms with E-state index in [4.69, 9.17) is 11.5 Å². The van der Waals surface area contributed by atoms with Gasteiger partial charge in [0, 0.05) is 12.6 Å². The van der Waals surface area contributed by atoms with Gasteiger partial charge in [0.2, 0.25) is 5.88 Å². The van der Waals surface area contributed by atoms with E-state index >= 15 is 0 Å². The van der Waals surface area contributed by atoms with Crippen molar-refractivity contribution in [3.05, 3.63) is 17.8 Å². The van der Waals surface area contributed by atoms with Crippen LogP contribution in [-0.2, 0) is 6.54 Å². The van der Waals surface area contributed by atoms with Crippen molar-refractivity contribution in [1.29, 1.82) is 0 Å². The van der Waals surface area contributed by atoms with Gasteiger partial charge in [-0.2, -0.15) is 0 Å². The number of hydrogen-bond donors (Lipinski definition) is 2. The maximum absolute atomic E-state index is 11.8. The molecule has 7 heteroatoms. The molecule has 0 saturated carbocycles. The molecule has 0 aliphatic rings. The number of aromatic nitrogens is 1. The molecule has 0 radical (unpaired) electrons. The SMILES string of the molecule is NCc1nc(OC(F)(F)F)ccc1N. The van der Waals surface area contributed by atoms with Crippen LogP contribution in [0, 0.1) is 0 Å². The molecule has 0 aliphatic carbocycles. The Labute approximate surface area is 77.7 Å². The predicted octanol–water partition coefficient (Wildman–Crippen LogP) is 1.02. The molecule has 0 saturated heterocycles. The van der Waals surface area contributed by atoms with Gasteiger partial charge in [-0.05, 0) is 6.07 Å². The number of halogens is 3. The normalized spacial score (nSPS) is 11.4. The van der Waals surface area contributed by atoms with Gasteiger partial charge in [0.05, 0.1) is 11.4 Å². The van der Waals surface area contributed by atoms with Crippen molar-refractivity contribution < 1.29 is 17.9 Å². The van der Waals surface area contributed by atoms with Gasteiger partial charge in [-0.3, -0.25) is 0 Å². The van der Waals surface area contributed by atoms with Gasteiger partial charge in [-0.25, -0.2) is 4.98 Å². The Hall–Kier alpha value is -1.50. The van der Waals surface area contributed by atoms with E-state index in [1.165, 1.54) is 6.07 Å². The van der Waals surface area contributed by atoms with Gasteiger partial charge in [-0.1, -0.05) is 0 Å². The number of pyridine rings is 1. The first kappa shape index (κ1) is 10.6. The Morgan fingerprint density at radius 3 is 2.50 bits per heavy atom. The lowest BCUT2D eigenvalue weighted by Crippen LogP contribution is -2.18. The molecule has 0 fully saturated rings. The fraction of sp³-hybridized carbons (Fsp3) is 0.286. The summed E-state index contributed by atoms with van der Waals surface area (Å²) in [5.74, 6) is -0.563. The van der Waals surface area contributed by atoms with Gasteiger partial charge >= 0.3 is 6.36 Å². The minimum atomic E-state index is -4.75. The summed E-state index contributed by atoms with van der Waals surface area (Å²) in [6.45, 7) is -0.0408. The van der Waals surface area contributed by atoms with E-state index < -0.39 is 12.2 Å². The molecule has 0 amide bonds. The van der Waals surface area contributed by atoms with Crippen LogP contribution in [0.15, 0.2) is 12.1 Å². The van der Waals surface area contributed by atoms with Crippen molar-refractivity contribution >= 4 is 5.69 Å². The summed E-state index contributed by atoms with van der Waals surface area (Å²) in [7, 11) is 0. The molecule has 14 heavy (non-hydrogen) atoms. The van der Waals surface area contributed by atoms with Gasteiger partial charge < -0.3 is 16.2 Å². The smallest absolute Gasteiger partial charge is 0.397 e. The van der Waals surface area contributed by atoms with Crippen molar-refractivity contribution in [3.8, 4) is 5.88 Å². The van der Waals surface area contributed by atoms with Gasteiger partial charge in [-0.15, -0.1) is 13.2 Å². The number of alkyl halides is 3. The summed E-state index contributed by atoms with van der Waals surface area (Å²) in [6.07, 6.45) is -4.75. The second-order valence-corrected chi connectivity index (χ2v) is 2.44. The molecule has 78 valence electrons. The number of anilines is 1. The maximum Gasteiger partial charge on any atom is 0.574 e. The zero-order valence-electron chi connectivity index (χ0n) is 7.01. The molecular formula is C7H8F3N3O. The summed E-state index contributed by atoms with van der Waals surface area (Å²) in [4.78, 5) is 3.48. The molecule has 1 heterocycles. The van der Waals surface area contributed by atoms with Crippen LogP contribution in [0.4, 0.5) is 18.9 Å². The third kappa shape index (κ3) is 2.77. The van der Waals surface area contributed by atoms with Crippen molar-refractivity contribution in [3.63, 3.8) is 0 Å². The van der Waals surface area contributed by atoms with Crippen LogP contribution in [0.5, 0.6) is 5.88 Å². The molecular weight excluding hydrogens is 199 g/mol. The summed E-state index contributed by atoms with van der Waals surface area (Å²) >= 11 is 0. The molecule has 0 unspecified atom stereocenters. The molecule has 0 aliphatic heterocycles. The number of nitrogen functional groups attached to an aromatic ring is 1. The summed E-state index contributed by atoms with van der Waals surface area (Å²) in [5, 5.41) is 0. The van der Waals surface area contributed by atoms with Crippen molar-refractivity contribution in [1.82, 2.24) is 4.98 Å². The zero-order valence-corrected chi connectivity index (χ0v) is 7.01. The summed E-state index contributed by atoms with van der Waals surface area (Å²) in [6, 6.07) is 2.29. The topological polar surface area (TPSA) is 74.2 Å². The minimum Gasteiger partial charge on any atom is -0.397 e. The maximum atomic E-state index is 11.8. The van der Waals surface area contributed by atoms with Crippen LogP contribution in [0.1, 0.15) is 5.69 Å². The first-order valence-corrected chi connectivity index (χ1v) is 3.63. The predicted molar refractivity (Wildman–Crippen MR) is 43.2 cm³/mol. The van der Waals surface area contributed by atoms with Crippen molar-refractivity contribution in [2.45, 2.75) is 12.9 Å². The van der Waals surface area contributed by atoms with Gasteiger partial charge in [0.1, 0.15) is 0 Å². The van der Waals surface area contributed by atoms with E-state index in [0.717, 1.165) is 6.07 Å². The van der Waals surface area contributed by atoms with Crippen LogP contribution in [0.3, 0.4) is 0 Å². The number of nitrogens with zero attached hydrogens (tertiary/aromatic N) is 1. The fourth-order valence-corrected chi connectivity index (χ4v) is 0.831. The highest BCUT2D eigenvalue weighted by Crippen LogP contribution is 2.22. The number of rotatable bonds is 2. The van der Waals surface area contributed by atoms with Crippen LogP contribution in [0.25, 0.3) is 0 Å². The van der Waals surface area contributed by atoms with Crippen molar-refractivity contribution in [2.24, 2.45) is 5.73 Å². The Morgan fingerprint density at radius 1 is 1.36 bits per heavy atom. The highest BCUT2D eigenvalue weighted by molar-refractivity contribution is 5.44. The minimum absolute atomic E-state index is 0.0408. The molecule has 0 aromatic carbocycles. The van der Waals surface area contributed by atoms with Gasteiger partial charge in [0.15, 0.2) is 0 Å². The van der Waals surface area contributed by atoms with E-state index in [1.54, 1.807) is 0 Å². The van der Waals surface area contributed by atoms with Crippen molar-refractivity contribution in [2.75, 3.05) is 5.73 Å². The molecule has 4 N–H and O–H groups in total. The van der Waals surface area contributed by atoms with E-state index in [0.29, 0.717) is 0 Å². The average Bonchev–Trinajstić information content (AvgIpc) is 2.06. The van der Waals surface area contributed by atoms with Crippen LogP contribution >= 0.6 is 0 Å². The lowest BCUT2D eigenvalue weighted by Gasteiger charge is -2.09. The van der Waals surface area contributed by atoms with Crippen LogP contribution in [0.2, 0.25) is 0 Å². The zero-order chi connectivity index (χ0) is 10.8. The Bertz CT molecular complexity index is 326. The van der Waals surface area contributed by atoms with Crippen LogP contribution < -0.4 is 16.2 Å². The van der Waals surface area contributed by atoms with Gasteiger partial charge in [0.25, 0.3) is 0 Å². The third-order valence-corrected chi connectivity index (χ3v) is 1.40. The lowest BCUT2D eigenvalue weighted by molar-refractivity contribution is -0.276. The highest BCUT2D eigenvalue weighted by atomic mass is 19.4. The first-order chi connectivity index (χ1) is 6.42. The largest absolute Gasteiger partial charge is 0.574 e. The van der Waals surface area contributed by atoms with E-state index in [-0.39, 0.29) is 17.9 Å². The Balaban J connectivity index is 2.90. The molecule has 0 bridgehead atoms. The van der Waals surface area contributed by atoms with Crippen LogP contribution in [-0.4, -0.2) is 11.3 Å². The molecule has 1 aromatic rings. The number of ether oxygens (including phenoxy) is 1. The van der Waals surface area contributed by atoms with E-state index in [1.807, 2.05) is 0 Å². The monoisotopic (exact) mass is 207 g/mol. The first-order valence-electron chi connectivity index (χ1n) is 3.63. The Kier molecular flexibility index (Phi) is 2.80. The molecule has 0 atom stereocenters. The standard InChI is InChI=1S/C7H8F3N3O/c8-7(9,10)14-6-2-1-4(12)5(3-11)13-6/h1-2H,3,11-12H2. The molecule has 0 spiro atoms. The number of nitrogens with two attached hydrogens (primary N) is 2.